The molecule has 11 heteroatoms. The summed E-state index contributed by atoms with van der Waals surface area (Å²) in [6, 6.07) is 13.5. The SMILES string of the molecule is COC(=O)c1cc(C(=O)Nc2nnc(SCCCc3ccccc3)s2)cc([N+](=O)[O-])c1. The van der Waals surface area contributed by atoms with Crippen LogP contribution in [0, 0.1) is 10.1 Å². The number of ether oxygens (including phenoxy) is 1. The number of thioether (sulfide) groups is 1. The van der Waals surface area contributed by atoms with Gasteiger partial charge in [0.1, 0.15) is 0 Å². The molecule has 0 saturated carbocycles. The largest absolute Gasteiger partial charge is 0.465 e. The molecular formula is C20H18N4O5S2. The molecule has 0 aliphatic carbocycles. The first-order valence-corrected chi connectivity index (χ1v) is 11.0. The fraction of sp³-hybridized carbons (Fsp3) is 0.200. The van der Waals surface area contributed by atoms with Gasteiger partial charge < -0.3 is 4.74 Å². The predicted octanol–water partition coefficient (Wildman–Crippen LogP) is 4.21. The van der Waals surface area contributed by atoms with E-state index in [9.17, 15) is 19.7 Å². The molecule has 9 nitrogen and oxygen atoms in total. The average molecular weight is 459 g/mol. The van der Waals surface area contributed by atoms with Gasteiger partial charge in [0.05, 0.1) is 17.6 Å². The van der Waals surface area contributed by atoms with E-state index in [0.717, 1.165) is 37.8 Å². The molecule has 0 spiro atoms. The van der Waals surface area contributed by atoms with Crippen molar-refractivity contribution in [2.45, 2.75) is 17.2 Å². The Kier molecular flexibility index (Phi) is 7.68. The highest BCUT2D eigenvalue weighted by Crippen LogP contribution is 2.27. The van der Waals surface area contributed by atoms with E-state index in [1.54, 1.807) is 11.8 Å². The number of nitro groups is 1. The van der Waals surface area contributed by atoms with Crippen molar-refractivity contribution >= 4 is 45.8 Å². The molecule has 0 radical (unpaired) electrons. The fourth-order valence-electron chi connectivity index (χ4n) is 2.65. The highest BCUT2D eigenvalue weighted by molar-refractivity contribution is 8.01. The van der Waals surface area contributed by atoms with Crippen molar-refractivity contribution in [2.75, 3.05) is 18.2 Å². The molecule has 1 amide bonds. The summed E-state index contributed by atoms with van der Waals surface area (Å²) in [5.41, 5.74) is 0.743. The summed E-state index contributed by atoms with van der Waals surface area (Å²) >= 11 is 2.75. The second kappa shape index (κ2) is 10.6. The maximum atomic E-state index is 12.5. The van der Waals surface area contributed by atoms with Crippen LogP contribution >= 0.6 is 23.1 Å². The Morgan fingerprint density at radius 2 is 1.90 bits per heavy atom. The van der Waals surface area contributed by atoms with E-state index in [2.05, 4.69) is 32.4 Å². The molecule has 3 aromatic rings. The number of benzene rings is 2. The maximum absolute atomic E-state index is 12.5. The zero-order valence-corrected chi connectivity index (χ0v) is 18.1. The summed E-state index contributed by atoms with van der Waals surface area (Å²) in [7, 11) is 1.15. The lowest BCUT2D eigenvalue weighted by molar-refractivity contribution is -0.384. The number of anilines is 1. The highest BCUT2D eigenvalue weighted by atomic mass is 32.2. The summed E-state index contributed by atoms with van der Waals surface area (Å²) in [5.74, 6) is -0.557. The Morgan fingerprint density at radius 3 is 2.61 bits per heavy atom. The van der Waals surface area contributed by atoms with Gasteiger partial charge in [-0.05, 0) is 24.5 Å². The number of nitrogens with one attached hydrogen (secondary N) is 1. The van der Waals surface area contributed by atoms with E-state index in [4.69, 9.17) is 0 Å². The molecule has 1 N–H and O–H groups in total. The average Bonchev–Trinajstić information content (AvgIpc) is 3.23. The Hall–Kier alpha value is -3.31. The van der Waals surface area contributed by atoms with Gasteiger partial charge in [-0.2, -0.15) is 0 Å². The second-order valence-corrected chi connectivity index (χ2v) is 8.60. The lowest BCUT2D eigenvalue weighted by atomic mass is 10.1. The van der Waals surface area contributed by atoms with Gasteiger partial charge in [-0.3, -0.25) is 20.2 Å². The minimum Gasteiger partial charge on any atom is -0.465 e. The molecule has 3 rings (SSSR count). The smallest absolute Gasteiger partial charge is 0.338 e. The number of rotatable bonds is 9. The third-order valence-corrected chi connectivity index (χ3v) is 6.18. The molecule has 0 aliphatic rings. The molecule has 2 aromatic carbocycles. The third-order valence-electron chi connectivity index (χ3n) is 4.12. The van der Waals surface area contributed by atoms with E-state index >= 15 is 0 Å². The first-order valence-electron chi connectivity index (χ1n) is 9.15. The van der Waals surface area contributed by atoms with Gasteiger partial charge in [-0.1, -0.05) is 53.4 Å². The van der Waals surface area contributed by atoms with E-state index in [1.165, 1.54) is 23.0 Å². The van der Waals surface area contributed by atoms with Crippen LogP contribution in [0.15, 0.2) is 52.9 Å². The lowest BCUT2D eigenvalue weighted by Crippen LogP contribution is -2.14. The van der Waals surface area contributed by atoms with Crippen LogP contribution in [0.25, 0.3) is 0 Å². The van der Waals surface area contributed by atoms with E-state index in [1.807, 2.05) is 18.2 Å². The number of nitro benzene ring substituents is 1. The molecule has 160 valence electrons. The first-order chi connectivity index (χ1) is 15.0. The number of aryl methyl sites for hydroxylation is 1. The van der Waals surface area contributed by atoms with Gasteiger partial charge in [0.2, 0.25) is 5.13 Å². The Bertz CT molecular complexity index is 1090. The van der Waals surface area contributed by atoms with Crippen molar-refractivity contribution in [3.8, 4) is 0 Å². The molecule has 1 heterocycles. The topological polar surface area (TPSA) is 124 Å². The summed E-state index contributed by atoms with van der Waals surface area (Å²) in [6.45, 7) is 0. The molecular weight excluding hydrogens is 440 g/mol. The van der Waals surface area contributed by atoms with Crippen LogP contribution in [-0.4, -0.2) is 39.9 Å². The van der Waals surface area contributed by atoms with Crippen molar-refractivity contribution in [3.05, 3.63) is 75.3 Å². The van der Waals surface area contributed by atoms with Crippen LogP contribution in [0.1, 0.15) is 32.7 Å². The van der Waals surface area contributed by atoms with Crippen molar-refractivity contribution in [1.82, 2.24) is 10.2 Å². The predicted molar refractivity (Wildman–Crippen MR) is 118 cm³/mol. The fourth-order valence-corrected chi connectivity index (χ4v) is 4.41. The van der Waals surface area contributed by atoms with Crippen molar-refractivity contribution in [1.29, 1.82) is 0 Å². The monoisotopic (exact) mass is 458 g/mol. The van der Waals surface area contributed by atoms with Crippen LogP contribution < -0.4 is 5.32 Å². The molecule has 0 bridgehead atoms. The summed E-state index contributed by atoms with van der Waals surface area (Å²) in [5, 5.41) is 21.9. The van der Waals surface area contributed by atoms with Crippen LogP contribution in [0.5, 0.6) is 0 Å². The van der Waals surface area contributed by atoms with Gasteiger partial charge in [-0.15, -0.1) is 10.2 Å². The van der Waals surface area contributed by atoms with Gasteiger partial charge in [0.15, 0.2) is 4.34 Å². The summed E-state index contributed by atoms with van der Waals surface area (Å²) in [4.78, 5) is 34.7. The van der Waals surface area contributed by atoms with E-state index in [-0.39, 0.29) is 21.9 Å². The number of nitrogens with zero attached hydrogens (tertiary/aromatic N) is 3. The molecule has 31 heavy (non-hydrogen) atoms. The molecule has 0 atom stereocenters. The Balaban J connectivity index is 1.59. The highest BCUT2D eigenvalue weighted by Gasteiger charge is 2.19. The van der Waals surface area contributed by atoms with E-state index in [0.29, 0.717) is 4.34 Å². The molecule has 0 aliphatic heterocycles. The number of hydrogen-bond acceptors (Lipinski definition) is 9. The number of carbonyl (C=O) groups excluding carboxylic acids is 2. The number of hydrogen-bond donors (Lipinski definition) is 1. The molecule has 1 aromatic heterocycles. The second-order valence-electron chi connectivity index (χ2n) is 6.28. The zero-order chi connectivity index (χ0) is 22.2. The number of non-ortho nitro benzene ring substituents is 1. The normalized spacial score (nSPS) is 10.5. The lowest BCUT2D eigenvalue weighted by Gasteiger charge is -2.04. The van der Waals surface area contributed by atoms with Crippen LogP contribution in [0.2, 0.25) is 0 Å². The number of aromatic nitrogens is 2. The van der Waals surface area contributed by atoms with Gasteiger partial charge in [0.25, 0.3) is 11.6 Å². The van der Waals surface area contributed by atoms with Gasteiger partial charge >= 0.3 is 5.97 Å². The zero-order valence-electron chi connectivity index (χ0n) is 16.4. The molecule has 0 saturated heterocycles. The van der Waals surface area contributed by atoms with E-state index < -0.39 is 16.8 Å². The quantitative estimate of drug-likeness (QED) is 0.126. The number of carbonyl (C=O) groups is 2. The van der Waals surface area contributed by atoms with Crippen LogP contribution in [-0.2, 0) is 11.2 Å². The van der Waals surface area contributed by atoms with Gasteiger partial charge in [-0.25, -0.2) is 4.79 Å². The number of methoxy groups -OCH3 is 1. The Labute approximate surface area is 186 Å². The Morgan fingerprint density at radius 1 is 1.16 bits per heavy atom. The third kappa shape index (κ3) is 6.33. The maximum Gasteiger partial charge on any atom is 0.338 e. The number of amides is 1. The summed E-state index contributed by atoms with van der Waals surface area (Å²) in [6.07, 6.45) is 1.94. The molecule has 0 unspecified atom stereocenters. The van der Waals surface area contributed by atoms with Crippen molar-refractivity contribution < 1.29 is 19.2 Å². The molecule has 0 fully saturated rings. The van der Waals surface area contributed by atoms with Gasteiger partial charge in [0, 0.05) is 23.4 Å². The van der Waals surface area contributed by atoms with Crippen LogP contribution in [0.4, 0.5) is 10.8 Å². The number of esters is 1. The minimum absolute atomic E-state index is 0.0538. The van der Waals surface area contributed by atoms with Crippen molar-refractivity contribution in [3.63, 3.8) is 0 Å². The van der Waals surface area contributed by atoms with Crippen molar-refractivity contribution in [2.24, 2.45) is 0 Å². The minimum atomic E-state index is -0.775. The van der Waals surface area contributed by atoms with Crippen LogP contribution in [0.3, 0.4) is 0 Å². The first kappa shape index (κ1) is 22.4. The summed E-state index contributed by atoms with van der Waals surface area (Å²) < 4.78 is 5.29. The standard InChI is InChI=1S/C20H18N4O5S2/c1-29-18(26)15-10-14(11-16(12-15)24(27)28)17(25)21-19-22-23-20(31-19)30-9-5-8-13-6-3-2-4-7-13/h2-4,6-7,10-12H,5,8-9H2,1H3,(H,21,22,25).